The van der Waals surface area contributed by atoms with Crippen LogP contribution in [0.15, 0.2) is 24.3 Å². The normalized spacial score (nSPS) is 12.2. The maximum absolute atomic E-state index is 11.0. The molecule has 0 spiro atoms. The van der Waals surface area contributed by atoms with Crippen molar-refractivity contribution in [2.75, 3.05) is 0 Å². The summed E-state index contributed by atoms with van der Waals surface area (Å²) in [5.74, 6) is 0.223. The maximum atomic E-state index is 11.0. The molecule has 2 rings (SSSR count). The lowest BCUT2D eigenvalue weighted by Gasteiger charge is -2.05. The Morgan fingerprint density at radius 2 is 2.10 bits per heavy atom. The van der Waals surface area contributed by atoms with Crippen molar-refractivity contribution in [1.29, 1.82) is 0 Å². The van der Waals surface area contributed by atoms with Crippen LogP contribution in [0.1, 0.15) is 17.9 Å². The van der Waals surface area contributed by atoms with Gasteiger partial charge in [0.05, 0.1) is 16.0 Å². The molecule has 1 N–H and O–H groups in total. The van der Waals surface area contributed by atoms with Crippen LogP contribution in [0.3, 0.4) is 0 Å². The third-order valence-corrected chi connectivity index (χ3v) is 4.12. The fourth-order valence-electron chi connectivity index (χ4n) is 1.44. The lowest BCUT2D eigenvalue weighted by molar-refractivity contribution is -0.385. The minimum absolute atomic E-state index is 0.0510. The predicted octanol–water partition coefficient (Wildman–Crippen LogP) is 4.81. The monoisotopic (exact) mass is 333 g/mol. The van der Waals surface area contributed by atoms with Gasteiger partial charge in [0.2, 0.25) is 0 Å². The van der Waals surface area contributed by atoms with Crippen molar-refractivity contribution in [3.63, 3.8) is 0 Å². The van der Waals surface area contributed by atoms with Crippen LogP contribution < -0.4 is 4.74 Å². The number of aliphatic hydroxyl groups is 1. The van der Waals surface area contributed by atoms with Crippen LogP contribution in [0.4, 0.5) is 5.69 Å². The number of aliphatic hydroxyl groups excluding tert-OH is 1. The number of nitro groups is 1. The summed E-state index contributed by atoms with van der Waals surface area (Å²) in [6.45, 7) is 1.52. The molecule has 20 heavy (non-hydrogen) atoms. The summed E-state index contributed by atoms with van der Waals surface area (Å²) in [7, 11) is 0. The van der Waals surface area contributed by atoms with Crippen molar-refractivity contribution in [3.05, 3.63) is 49.3 Å². The summed E-state index contributed by atoms with van der Waals surface area (Å²) in [5.41, 5.74) is -0.220. The lowest BCUT2D eigenvalue weighted by atomic mass is 10.3. The second kappa shape index (κ2) is 5.97. The Morgan fingerprint density at radius 1 is 1.40 bits per heavy atom. The molecule has 106 valence electrons. The van der Waals surface area contributed by atoms with Crippen molar-refractivity contribution < 1.29 is 14.8 Å². The highest BCUT2D eigenvalue weighted by Gasteiger charge is 2.23. The number of halogens is 2. The molecule has 0 saturated carbocycles. The molecule has 1 heterocycles. The number of nitrogens with zero attached hydrogens (tertiary/aromatic N) is 1. The second-order valence-corrected chi connectivity index (χ2v) is 5.82. The van der Waals surface area contributed by atoms with Crippen LogP contribution >= 0.6 is 34.5 Å². The molecular weight excluding hydrogens is 325 g/mol. The number of ether oxygens (including phenoxy) is 1. The number of hydrogen-bond acceptors (Lipinski definition) is 5. The average molecular weight is 334 g/mol. The van der Waals surface area contributed by atoms with E-state index in [1.165, 1.54) is 25.1 Å². The highest BCUT2D eigenvalue weighted by molar-refractivity contribution is 7.14. The van der Waals surface area contributed by atoms with Gasteiger partial charge in [-0.3, -0.25) is 10.1 Å². The fraction of sp³-hybridized carbons (Fsp3) is 0.167. The van der Waals surface area contributed by atoms with E-state index in [0.29, 0.717) is 9.90 Å². The molecule has 0 unspecified atom stereocenters. The first-order valence-corrected chi connectivity index (χ1v) is 7.05. The highest BCUT2D eigenvalue weighted by Crippen LogP contribution is 2.43. The molecule has 0 bridgehead atoms. The molecule has 0 amide bonds. The summed E-state index contributed by atoms with van der Waals surface area (Å²) in [6, 6.07) is 5.87. The van der Waals surface area contributed by atoms with Crippen LogP contribution in [-0.2, 0) is 0 Å². The smallest absolute Gasteiger partial charge is 0.323 e. The van der Waals surface area contributed by atoms with E-state index in [-0.39, 0.29) is 21.5 Å². The van der Waals surface area contributed by atoms with Gasteiger partial charge in [0.15, 0.2) is 0 Å². The van der Waals surface area contributed by atoms with E-state index < -0.39 is 11.0 Å². The van der Waals surface area contributed by atoms with Gasteiger partial charge in [0.1, 0.15) is 5.75 Å². The molecule has 0 aliphatic rings. The third kappa shape index (κ3) is 3.21. The molecule has 0 aliphatic carbocycles. The second-order valence-electron chi connectivity index (χ2n) is 3.93. The largest absolute Gasteiger partial charge is 0.438 e. The molecule has 1 atom stereocenters. The molecule has 0 radical (unpaired) electrons. The Balaban J connectivity index is 2.42. The molecule has 1 aromatic carbocycles. The third-order valence-electron chi connectivity index (χ3n) is 2.40. The van der Waals surface area contributed by atoms with Crippen LogP contribution in [0, 0.1) is 10.1 Å². The molecule has 5 nitrogen and oxygen atoms in total. The van der Waals surface area contributed by atoms with Crippen LogP contribution in [-0.4, -0.2) is 10.0 Å². The summed E-state index contributed by atoms with van der Waals surface area (Å²) < 4.78 is 5.46. The summed E-state index contributed by atoms with van der Waals surface area (Å²) in [6.07, 6.45) is -0.814. The summed E-state index contributed by atoms with van der Waals surface area (Å²) >= 11 is 12.8. The Kier molecular flexibility index (Phi) is 4.49. The average Bonchev–Trinajstić information content (AvgIpc) is 2.78. The topological polar surface area (TPSA) is 72.6 Å². The van der Waals surface area contributed by atoms with Gasteiger partial charge in [-0.2, -0.15) is 0 Å². The summed E-state index contributed by atoms with van der Waals surface area (Å²) in [4.78, 5) is 10.9. The van der Waals surface area contributed by atoms with Crippen molar-refractivity contribution in [2.24, 2.45) is 0 Å². The van der Waals surface area contributed by atoms with E-state index in [0.717, 1.165) is 11.3 Å². The van der Waals surface area contributed by atoms with Crippen molar-refractivity contribution in [3.8, 4) is 10.8 Å². The first-order valence-electron chi connectivity index (χ1n) is 5.47. The Bertz CT molecular complexity index is 657. The SMILES string of the molecule is C[C@@H](O)c1cc([N+](=O)[O-])c(Oc2cc(Cl)ccc2Cl)s1. The van der Waals surface area contributed by atoms with E-state index in [9.17, 15) is 15.2 Å². The quantitative estimate of drug-likeness (QED) is 0.643. The number of benzene rings is 1. The van der Waals surface area contributed by atoms with Crippen LogP contribution in [0.5, 0.6) is 10.8 Å². The van der Waals surface area contributed by atoms with Gasteiger partial charge < -0.3 is 9.84 Å². The van der Waals surface area contributed by atoms with Gasteiger partial charge >= 0.3 is 5.69 Å². The minimum atomic E-state index is -0.814. The van der Waals surface area contributed by atoms with Gasteiger partial charge in [-0.25, -0.2) is 0 Å². The van der Waals surface area contributed by atoms with Gasteiger partial charge in [-0.05, 0) is 19.1 Å². The predicted molar refractivity (Wildman–Crippen MR) is 78.1 cm³/mol. The Labute approximate surface area is 128 Å². The molecule has 0 fully saturated rings. The standard InChI is InChI=1S/C12H9Cl2NO4S/c1-6(16)11-5-9(15(17)18)12(20-11)19-10-4-7(13)2-3-8(10)14/h2-6,16H,1H3/t6-/m1/s1. The minimum Gasteiger partial charge on any atom is -0.438 e. The Hall–Kier alpha value is -1.34. The zero-order valence-corrected chi connectivity index (χ0v) is 12.5. The number of thiophene rings is 1. The van der Waals surface area contributed by atoms with Crippen molar-refractivity contribution >= 4 is 40.2 Å². The van der Waals surface area contributed by atoms with Crippen LogP contribution in [0.25, 0.3) is 0 Å². The molecular formula is C12H9Cl2NO4S. The number of hydrogen-bond donors (Lipinski definition) is 1. The zero-order chi connectivity index (χ0) is 14.9. The lowest BCUT2D eigenvalue weighted by Crippen LogP contribution is -1.90. The fourth-order valence-corrected chi connectivity index (χ4v) is 2.69. The molecule has 2 aromatic rings. The highest BCUT2D eigenvalue weighted by atomic mass is 35.5. The van der Waals surface area contributed by atoms with E-state index in [1.54, 1.807) is 6.07 Å². The molecule has 0 saturated heterocycles. The van der Waals surface area contributed by atoms with Crippen molar-refractivity contribution in [1.82, 2.24) is 0 Å². The van der Waals surface area contributed by atoms with E-state index in [1.807, 2.05) is 0 Å². The van der Waals surface area contributed by atoms with Gasteiger partial charge in [0.25, 0.3) is 5.06 Å². The van der Waals surface area contributed by atoms with Gasteiger partial charge in [-0.1, -0.05) is 34.5 Å². The van der Waals surface area contributed by atoms with Crippen molar-refractivity contribution in [2.45, 2.75) is 13.0 Å². The first kappa shape index (κ1) is 15.1. The zero-order valence-electron chi connectivity index (χ0n) is 10.2. The maximum Gasteiger partial charge on any atom is 0.323 e. The van der Waals surface area contributed by atoms with Gasteiger partial charge in [0, 0.05) is 22.0 Å². The van der Waals surface area contributed by atoms with E-state index in [4.69, 9.17) is 27.9 Å². The van der Waals surface area contributed by atoms with E-state index in [2.05, 4.69) is 0 Å². The molecule has 1 aromatic heterocycles. The number of rotatable bonds is 4. The Morgan fingerprint density at radius 3 is 2.70 bits per heavy atom. The first-order chi connectivity index (χ1) is 9.38. The summed E-state index contributed by atoms with van der Waals surface area (Å²) in [5, 5.41) is 21.2. The van der Waals surface area contributed by atoms with E-state index >= 15 is 0 Å². The van der Waals surface area contributed by atoms with Crippen LogP contribution in [0.2, 0.25) is 10.0 Å². The van der Waals surface area contributed by atoms with Gasteiger partial charge in [-0.15, -0.1) is 0 Å². The molecule has 0 aliphatic heterocycles. The molecule has 8 heteroatoms.